The van der Waals surface area contributed by atoms with Crippen molar-refractivity contribution in [2.45, 2.75) is 6.42 Å². The summed E-state index contributed by atoms with van der Waals surface area (Å²) in [6.07, 6.45) is 1.14. The second-order valence-electron chi connectivity index (χ2n) is 3.87. The van der Waals surface area contributed by atoms with E-state index in [4.69, 9.17) is 39.5 Å². The lowest BCUT2D eigenvalue weighted by Crippen LogP contribution is -2.15. The Morgan fingerprint density at radius 3 is 2.62 bits per heavy atom. The third kappa shape index (κ3) is 2.95. The maximum absolute atomic E-state index is 6.00. The maximum atomic E-state index is 6.00. The second-order valence-corrected chi connectivity index (χ2v) is 5.09. The van der Waals surface area contributed by atoms with E-state index in [1.54, 1.807) is 12.1 Å². The van der Waals surface area contributed by atoms with Crippen LogP contribution in [-0.2, 0) is 0 Å². The highest BCUT2D eigenvalue weighted by Crippen LogP contribution is 2.34. The van der Waals surface area contributed by atoms with Crippen molar-refractivity contribution in [1.82, 2.24) is 5.32 Å². The SMILES string of the molecule is Clc1cc(Cl)c(OC[C@H]2CCNC2)cc1Cl. The van der Waals surface area contributed by atoms with Crippen LogP contribution in [0.4, 0.5) is 0 Å². The van der Waals surface area contributed by atoms with Gasteiger partial charge < -0.3 is 10.1 Å². The highest BCUT2D eigenvalue weighted by molar-refractivity contribution is 6.43. The Kier molecular flexibility index (Phi) is 4.20. The van der Waals surface area contributed by atoms with Crippen LogP contribution in [0.1, 0.15) is 6.42 Å². The van der Waals surface area contributed by atoms with Crippen molar-refractivity contribution in [2.24, 2.45) is 5.92 Å². The molecule has 2 rings (SSSR count). The van der Waals surface area contributed by atoms with Gasteiger partial charge in [-0.05, 0) is 19.0 Å². The van der Waals surface area contributed by atoms with Crippen molar-refractivity contribution in [3.63, 3.8) is 0 Å². The fourth-order valence-electron chi connectivity index (χ4n) is 1.68. The number of ether oxygens (including phenoxy) is 1. The average Bonchev–Trinajstić information content (AvgIpc) is 2.74. The molecule has 88 valence electrons. The number of hydrogen-bond donors (Lipinski definition) is 1. The van der Waals surface area contributed by atoms with E-state index >= 15 is 0 Å². The van der Waals surface area contributed by atoms with Crippen molar-refractivity contribution >= 4 is 34.8 Å². The minimum Gasteiger partial charge on any atom is -0.492 e. The predicted octanol–water partition coefficient (Wildman–Crippen LogP) is 3.64. The molecule has 1 aliphatic heterocycles. The molecule has 1 aromatic carbocycles. The van der Waals surface area contributed by atoms with Gasteiger partial charge in [0, 0.05) is 18.5 Å². The molecule has 0 radical (unpaired) electrons. The van der Waals surface area contributed by atoms with E-state index in [0.717, 1.165) is 19.5 Å². The summed E-state index contributed by atoms with van der Waals surface area (Å²) in [6, 6.07) is 3.27. The highest BCUT2D eigenvalue weighted by atomic mass is 35.5. The first-order chi connectivity index (χ1) is 7.66. The fourth-order valence-corrected chi connectivity index (χ4v) is 2.27. The second kappa shape index (κ2) is 5.46. The monoisotopic (exact) mass is 279 g/mol. The standard InChI is InChI=1S/C11H12Cl3NO/c12-8-3-10(14)11(4-9(8)13)16-6-7-1-2-15-5-7/h3-4,7,15H,1-2,5-6H2/t7-/m0/s1. The summed E-state index contributed by atoms with van der Waals surface area (Å²) in [5.41, 5.74) is 0. The smallest absolute Gasteiger partial charge is 0.139 e. The predicted molar refractivity (Wildman–Crippen MR) is 67.9 cm³/mol. The Hall–Kier alpha value is -0.150. The third-order valence-corrected chi connectivity index (χ3v) is 3.63. The minimum absolute atomic E-state index is 0.446. The molecule has 1 aliphatic rings. The molecule has 0 unspecified atom stereocenters. The maximum Gasteiger partial charge on any atom is 0.139 e. The van der Waals surface area contributed by atoms with Crippen molar-refractivity contribution in [3.8, 4) is 5.75 Å². The number of nitrogens with one attached hydrogen (secondary N) is 1. The van der Waals surface area contributed by atoms with E-state index in [9.17, 15) is 0 Å². The van der Waals surface area contributed by atoms with E-state index in [0.29, 0.717) is 33.3 Å². The van der Waals surface area contributed by atoms with Crippen molar-refractivity contribution in [2.75, 3.05) is 19.7 Å². The van der Waals surface area contributed by atoms with Crippen LogP contribution in [0.25, 0.3) is 0 Å². The number of rotatable bonds is 3. The van der Waals surface area contributed by atoms with E-state index in [1.165, 1.54) is 0 Å². The van der Waals surface area contributed by atoms with E-state index in [1.807, 2.05) is 0 Å². The molecule has 0 aliphatic carbocycles. The van der Waals surface area contributed by atoms with Crippen LogP contribution < -0.4 is 10.1 Å². The molecule has 2 nitrogen and oxygen atoms in total. The van der Waals surface area contributed by atoms with Gasteiger partial charge in [-0.15, -0.1) is 0 Å². The van der Waals surface area contributed by atoms with Gasteiger partial charge in [-0.1, -0.05) is 34.8 Å². The molecule has 0 saturated carbocycles. The summed E-state index contributed by atoms with van der Waals surface area (Å²) in [5.74, 6) is 1.15. The van der Waals surface area contributed by atoms with Crippen LogP contribution in [0.5, 0.6) is 5.75 Å². The van der Waals surface area contributed by atoms with Gasteiger partial charge >= 0.3 is 0 Å². The molecule has 1 atom stereocenters. The van der Waals surface area contributed by atoms with Gasteiger partial charge in [0.1, 0.15) is 5.75 Å². The highest BCUT2D eigenvalue weighted by Gasteiger charge is 2.16. The topological polar surface area (TPSA) is 21.3 Å². The zero-order valence-electron chi connectivity index (χ0n) is 8.60. The largest absolute Gasteiger partial charge is 0.492 e. The number of halogens is 3. The number of hydrogen-bond acceptors (Lipinski definition) is 2. The Morgan fingerprint density at radius 1 is 1.19 bits per heavy atom. The molecule has 0 amide bonds. The van der Waals surface area contributed by atoms with Crippen molar-refractivity contribution in [1.29, 1.82) is 0 Å². The van der Waals surface area contributed by atoms with Crippen molar-refractivity contribution < 1.29 is 4.74 Å². The Balaban J connectivity index is 2.00. The normalized spacial score (nSPS) is 20.1. The number of benzene rings is 1. The summed E-state index contributed by atoms with van der Waals surface area (Å²) < 4.78 is 5.64. The first-order valence-electron chi connectivity index (χ1n) is 5.15. The lowest BCUT2D eigenvalue weighted by molar-refractivity contribution is 0.260. The van der Waals surface area contributed by atoms with Gasteiger partial charge in [0.2, 0.25) is 0 Å². The van der Waals surface area contributed by atoms with E-state index < -0.39 is 0 Å². The molecule has 16 heavy (non-hydrogen) atoms. The lowest BCUT2D eigenvalue weighted by Gasteiger charge is -2.12. The molecule has 1 saturated heterocycles. The quantitative estimate of drug-likeness (QED) is 0.854. The van der Waals surface area contributed by atoms with Crippen LogP contribution in [0.15, 0.2) is 12.1 Å². The molecule has 5 heteroatoms. The zero-order chi connectivity index (χ0) is 11.5. The minimum atomic E-state index is 0.446. The van der Waals surface area contributed by atoms with E-state index in [-0.39, 0.29) is 0 Å². The van der Waals surface area contributed by atoms with Gasteiger partial charge in [0.15, 0.2) is 0 Å². The molecule has 0 aromatic heterocycles. The molecule has 1 fully saturated rings. The van der Waals surface area contributed by atoms with Crippen LogP contribution in [0.3, 0.4) is 0 Å². The molecular weight excluding hydrogens is 268 g/mol. The molecule has 1 N–H and O–H groups in total. The summed E-state index contributed by atoms with van der Waals surface area (Å²) in [5, 5.41) is 4.69. The van der Waals surface area contributed by atoms with Gasteiger partial charge in [-0.3, -0.25) is 0 Å². The van der Waals surface area contributed by atoms with Gasteiger partial charge in [-0.2, -0.15) is 0 Å². The summed E-state index contributed by atoms with van der Waals surface area (Å²) in [6.45, 7) is 2.72. The first-order valence-corrected chi connectivity index (χ1v) is 6.28. The van der Waals surface area contributed by atoms with Gasteiger partial charge in [0.25, 0.3) is 0 Å². The van der Waals surface area contributed by atoms with Crippen LogP contribution >= 0.6 is 34.8 Å². The Morgan fingerprint density at radius 2 is 1.94 bits per heavy atom. The molecule has 0 spiro atoms. The van der Waals surface area contributed by atoms with Gasteiger partial charge in [-0.25, -0.2) is 0 Å². The Bertz CT molecular complexity index is 378. The zero-order valence-corrected chi connectivity index (χ0v) is 10.9. The fraction of sp³-hybridized carbons (Fsp3) is 0.455. The van der Waals surface area contributed by atoms with E-state index in [2.05, 4.69) is 5.32 Å². The lowest BCUT2D eigenvalue weighted by atomic mass is 10.1. The molecule has 1 heterocycles. The summed E-state index contributed by atoms with van der Waals surface area (Å²) in [7, 11) is 0. The average molecular weight is 281 g/mol. The molecule has 1 aromatic rings. The van der Waals surface area contributed by atoms with Crippen LogP contribution in [-0.4, -0.2) is 19.7 Å². The van der Waals surface area contributed by atoms with Crippen LogP contribution in [0, 0.1) is 5.92 Å². The van der Waals surface area contributed by atoms with Crippen LogP contribution in [0.2, 0.25) is 15.1 Å². The summed E-state index contributed by atoms with van der Waals surface area (Å²) in [4.78, 5) is 0. The molecule has 0 bridgehead atoms. The van der Waals surface area contributed by atoms with Crippen molar-refractivity contribution in [3.05, 3.63) is 27.2 Å². The summed E-state index contributed by atoms with van der Waals surface area (Å²) >= 11 is 17.7. The third-order valence-electron chi connectivity index (χ3n) is 2.61. The molecular formula is C11H12Cl3NO. The first kappa shape index (κ1) is 12.3. The Labute approximate surface area is 110 Å². The van der Waals surface area contributed by atoms with Gasteiger partial charge in [0.05, 0.1) is 21.7 Å².